The van der Waals surface area contributed by atoms with Crippen LogP contribution >= 0.6 is 0 Å². The lowest BCUT2D eigenvalue weighted by Crippen LogP contribution is -2.22. The van der Waals surface area contributed by atoms with Crippen molar-refractivity contribution in [2.75, 3.05) is 0 Å². The van der Waals surface area contributed by atoms with Gasteiger partial charge in [0.15, 0.2) is 0 Å². The molecule has 3 rings (SSSR count). The van der Waals surface area contributed by atoms with Gasteiger partial charge in [0.25, 0.3) is 0 Å². The molecule has 2 unspecified atom stereocenters. The fourth-order valence-corrected chi connectivity index (χ4v) is 2.69. The van der Waals surface area contributed by atoms with Gasteiger partial charge < -0.3 is 10.3 Å². The van der Waals surface area contributed by atoms with Crippen LogP contribution in [0, 0.1) is 0 Å². The van der Waals surface area contributed by atoms with Crippen molar-refractivity contribution in [3.8, 4) is 11.4 Å². The second kappa shape index (κ2) is 5.13. The lowest BCUT2D eigenvalue weighted by Gasteiger charge is -2.08. The molecule has 4 heteroatoms. The van der Waals surface area contributed by atoms with Crippen LogP contribution in [0.5, 0.6) is 0 Å². The predicted octanol–water partition coefficient (Wildman–Crippen LogP) is 2.89. The molecule has 1 aromatic carbocycles. The summed E-state index contributed by atoms with van der Waals surface area (Å²) in [6.07, 6.45) is 4.29. The van der Waals surface area contributed by atoms with Gasteiger partial charge in [-0.2, -0.15) is 4.98 Å². The van der Waals surface area contributed by atoms with Crippen molar-refractivity contribution in [1.29, 1.82) is 0 Å². The molecule has 19 heavy (non-hydrogen) atoms. The molecule has 100 valence electrons. The number of hydrogen-bond donors (Lipinski definition) is 1. The van der Waals surface area contributed by atoms with Crippen LogP contribution in [0.2, 0.25) is 0 Å². The number of rotatable bonds is 3. The molecular weight excluding hydrogens is 238 g/mol. The van der Waals surface area contributed by atoms with Crippen molar-refractivity contribution in [3.05, 3.63) is 35.7 Å². The third kappa shape index (κ3) is 2.40. The Morgan fingerprint density at radius 2 is 2.05 bits per heavy atom. The highest BCUT2D eigenvalue weighted by molar-refractivity contribution is 5.54. The monoisotopic (exact) mass is 257 g/mol. The SMILES string of the molecule is CCc1ccc(-c2noc(C3CCCC3N)n2)cc1. The molecule has 1 aromatic heterocycles. The van der Waals surface area contributed by atoms with Gasteiger partial charge in [-0.05, 0) is 24.8 Å². The predicted molar refractivity (Wildman–Crippen MR) is 73.7 cm³/mol. The molecule has 2 atom stereocenters. The summed E-state index contributed by atoms with van der Waals surface area (Å²) in [5, 5.41) is 4.08. The minimum Gasteiger partial charge on any atom is -0.339 e. The molecule has 2 aromatic rings. The second-order valence-corrected chi connectivity index (χ2v) is 5.21. The topological polar surface area (TPSA) is 64.9 Å². The van der Waals surface area contributed by atoms with Gasteiger partial charge in [0, 0.05) is 11.6 Å². The van der Waals surface area contributed by atoms with Gasteiger partial charge in [-0.15, -0.1) is 0 Å². The lowest BCUT2D eigenvalue weighted by molar-refractivity contribution is 0.345. The summed E-state index contributed by atoms with van der Waals surface area (Å²) in [5.74, 6) is 1.59. The van der Waals surface area contributed by atoms with Crippen LogP contribution in [-0.4, -0.2) is 16.2 Å². The molecule has 0 aliphatic heterocycles. The molecule has 0 spiro atoms. The lowest BCUT2D eigenvalue weighted by atomic mass is 10.0. The normalized spacial score (nSPS) is 22.8. The molecule has 0 bridgehead atoms. The zero-order valence-corrected chi connectivity index (χ0v) is 11.2. The van der Waals surface area contributed by atoms with Gasteiger partial charge >= 0.3 is 0 Å². The van der Waals surface area contributed by atoms with E-state index < -0.39 is 0 Å². The summed E-state index contributed by atoms with van der Waals surface area (Å²) in [5.41, 5.74) is 8.38. The van der Waals surface area contributed by atoms with Crippen LogP contribution in [0.15, 0.2) is 28.8 Å². The molecule has 1 heterocycles. The Hall–Kier alpha value is -1.68. The van der Waals surface area contributed by atoms with Crippen LogP contribution < -0.4 is 5.73 Å². The Kier molecular flexibility index (Phi) is 3.34. The van der Waals surface area contributed by atoms with E-state index in [0.717, 1.165) is 31.2 Å². The molecular formula is C15H19N3O. The Labute approximate surface area is 113 Å². The third-order valence-corrected chi connectivity index (χ3v) is 3.95. The minimum absolute atomic E-state index is 0.163. The molecule has 1 saturated carbocycles. The maximum atomic E-state index is 6.07. The van der Waals surface area contributed by atoms with E-state index in [1.54, 1.807) is 0 Å². The van der Waals surface area contributed by atoms with Crippen molar-refractivity contribution in [2.45, 2.75) is 44.6 Å². The molecule has 4 nitrogen and oxygen atoms in total. The third-order valence-electron chi connectivity index (χ3n) is 3.95. The van der Waals surface area contributed by atoms with Crippen molar-refractivity contribution >= 4 is 0 Å². The molecule has 1 aliphatic carbocycles. The van der Waals surface area contributed by atoms with Crippen LogP contribution in [0.25, 0.3) is 11.4 Å². The van der Waals surface area contributed by atoms with E-state index in [9.17, 15) is 0 Å². The zero-order chi connectivity index (χ0) is 13.2. The first-order chi connectivity index (χ1) is 9.28. The van der Waals surface area contributed by atoms with Crippen LogP contribution in [-0.2, 0) is 6.42 Å². The summed E-state index contributed by atoms with van der Waals surface area (Å²) >= 11 is 0. The zero-order valence-electron chi connectivity index (χ0n) is 11.2. The average molecular weight is 257 g/mol. The minimum atomic E-state index is 0.163. The van der Waals surface area contributed by atoms with Gasteiger partial charge in [-0.25, -0.2) is 0 Å². The van der Waals surface area contributed by atoms with E-state index >= 15 is 0 Å². The Morgan fingerprint density at radius 3 is 2.68 bits per heavy atom. The fourth-order valence-electron chi connectivity index (χ4n) is 2.69. The van der Waals surface area contributed by atoms with Crippen molar-refractivity contribution in [1.82, 2.24) is 10.1 Å². The molecule has 2 N–H and O–H groups in total. The molecule has 0 amide bonds. The highest BCUT2D eigenvalue weighted by atomic mass is 16.5. The summed E-state index contributed by atoms with van der Waals surface area (Å²) in [4.78, 5) is 4.51. The highest BCUT2D eigenvalue weighted by Crippen LogP contribution is 2.33. The maximum absolute atomic E-state index is 6.07. The smallest absolute Gasteiger partial charge is 0.231 e. The molecule has 1 fully saturated rings. The number of nitrogens with two attached hydrogens (primary N) is 1. The molecule has 0 radical (unpaired) electrons. The van der Waals surface area contributed by atoms with E-state index in [4.69, 9.17) is 10.3 Å². The number of aryl methyl sites for hydroxylation is 1. The summed E-state index contributed by atoms with van der Waals surface area (Å²) in [6, 6.07) is 8.46. The Morgan fingerprint density at radius 1 is 1.26 bits per heavy atom. The van der Waals surface area contributed by atoms with Crippen molar-refractivity contribution < 1.29 is 4.52 Å². The Bertz CT molecular complexity index is 547. The summed E-state index contributed by atoms with van der Waals surface area (Å²) in [7, 11) is 0. The largest absolute Gasteiger partial charge is 0.339 e. The van der Waals surface area contributed by atoms with Gasteiger partial charge in [0.2, 0.25) is 11.7 Å². The van der Waals surface area contributed by atoms with Gasteiger partial charge in [0.1, 0.15) is 0 Å². The number of hydrogen-bond acceptors (Lipinski definition) is 4. The maximum Gasteiger partial charge on any atom is 0.231 e. The van der Waals surface area contributed by atoms with Crippen molar-refractivity contribution in [2.24, 2.45) is 5.73 Å². The fraction of sp³-hybridized carbons (Fsp3) is 0.467. The summed E-state index contributed by atoms with van der Waals surface area (Å²) < 4.78 is 5.39. The van der Waals surface area contributed by atoms with Crippen LogP contribution in [0.1, 0.15) is 43.6 Å². The van der Waals surface area contributed by atoms with Crippen LogP contribution in [0.4, 0.5) is 0 Å². The van der Waals surface area contributed by atoms with E-state index in [1.807, 2.05) is 12.1 Å². The first-order valence-electron chi connectivity index (χ1n) is 6.96. The van der Waals surface area contributed by atoms with Crippen molar-refractivity contribution in [3.63, 3.8) is 0 Å². The highest BCUT2D eigenvalue weighted by Gasteiger charge is 2.30. The average Bonchev–Trinajstić information content (AvgIpc) is 3.07. The van der Waals surface area contributed by atoms with Gasteiger partial charge in [0.05, 0.1) is 5.92 Å². The second-order valence-electron chi connectivity index (χ2n) is 5.21. The Balaban J connectivity index is 1.83. The van der Waals surface area contributed by atoms with E-state index in [2.05, 4.69) is 29.2 Å². The standard InChI is InChI=1S/C15H19N3O/c1-2-10-6-8-11(9-7-10)14-17-15(19-18-14)12-4-3-5-13(12)16/h6-9,12-13H,2-5,16H2,1H3. The summed E-state index contributed by atoms with van der Waals surface area (Å²) in [6.45, 7) is 2.14. The number of benzene rings is 1. The number of aromatic nitrogens is 2. The van der Waals surface area contributed by atoms with Gasteiger partial charge in [-0.1, -0.05) is 42.8 Å². The van der Waals surface area contributed by atoms with E-state index in [1.165, 1.54) is 5.56 Å². The first kappa shape index (κ1) is 12.4. The van der Waals surface area contributed by atoms with Gasteiger partial charge in [-0.3, -0.25) is 0 Å². The molecule has 0 saturated heterocycles. The van der Waals surface area contributed by atoms with Crippen LogP contribution in [0.3, 0.4) is 0 Å². The quantitative estimate of drug-likeness (QED) is 0.918. The van der Waals surface area contributed by atoms with E-state index in [0.29, 0.717) is 11.7 Å². The van der Waals surface area contributed by atoms with E-state index in [-0.39, 0.29) is 12.0 Å². The first-order valence-corrected chi connectivity index (χ1v) is 6.96. The molecule has 1 aliphatic rings. The number of nitrogens with zero attached hydrogens (tertiary/aromatic N) is 2.